The molecule has 146 valence electrons. The Labute approximate surface area is 173 Å². The number of carbonyl (C=O) groups is 1. The van der Waals surface area contributed by atoms with E-state index in [-0.39, 0.29) is 5.82 Å². The maximum atomic E-state index is 14.3. The number of aromatic hydroxyl groups is 1. The van der Waals surface area contributed by atoms with Crippen LogP contribution in [0.5, 0.6) is 5.75 Å². The Morgan fingerprint density at radius 1 is 1.18 bits per heavy atom. The topological polar surface area (TPSA) is 69.6 Å². The number of halogens is 1. The predicted octanol–water partition coefficient (Wildman–Crippen LogP) is 5.88. The monoisotopic (exact) mass is 435 g/mol. The SMILES string of the molecule is CO.Cc1ccc(-c2csc(NCc3sc4ccsc4c3O)c2C=O)c(F)c1. The summed E-state index contributed by atoms with van der Waals surface area (Å²) >= 11 is 4.39. The van der Waals surface area contributed by atoms with E-state index in [4.69, 9.17) is 5.11 Å². The first kappa shape index (κ1) is 20.5. The van der Waals surface area contributed by atoms with Gasteiger partial charge in [-0.05, 0) is 30.0 Å². The van der Waals surface area contributed by atoms with Crippen LogP contribution in [0.2, 0.25) is 0 Å². The summed E-state index contributed by atoms with van der Waals surface area (Å²) in [5.41, 5.74) is 2.28. The number of nitrogens with one attached hydrogen (secondary N) is 1. The first-order valence-electron chi connectivity index (χ1n) is 8.28. The number of benzene rings is 1. The Morgan fingerprint density at radius 2 is 1.96 bits per heavy atom. The minimum atomic E-state index is -0.339. The molecule has 0 bridgehead atoms. The van der Waals surface area contributed by atoms with Crippen molar-refractivity contribution in [3.8, 4) is 16.9 Å². The number of aliphatic hydroxyl groups excluding tert-OH is 1. The van der Waals surface area contributed by atoms with Crippen LogP contribution in [0.25, 0.3) is 20.5 Å². The van der Waals surface area contributed by atoms with E-state index in [1.165, 1.54) is 40.1 Å². The third-order valence-corrected chi connectivity index (χ3v) is 7.26. The quantitative estimate of drug-likeness (QED) is 0.343. The molecule has 0 aliphatic carbocycles. The second kappa shape index (κ2) is 8.83. The lowest BCUT2D eigenvalue weighted by Gasteiger charge is -2.06. The zero-order chi connectivity index (χ0) is 20.3. The number of hydrogen-bond acceptors (Lipinski definition) is 7. The molecule has 8 heteroatoms. The molecule has 0 aliphatic rings. The first-order valence-corrected chi connectivity index (χ1v) is 10.9. The number of thiophene rings is 3. The van der Waals surface area contributed by atoms with Gasteiger partial charge in [0, 0.05) is 28.3 Å². The summed E-state index contributed by atoms with van der Waals surface area (Å²) < 4.78 is 16.2. The van der Waals surface area contributed by atoms with Crippen LogP contribution in [0.15, 0.2) is 35.0 Å². The van der Waals surface area contributed by atoms with Gasteiger partial charge in [0.2, 0.25) is 0 Å². The molecule has 0 spiro atoms. The average molecular weight is 436 g/mol. The van der Waals surface area contributed by atoms with Crippen molar-refractivity contribution in [3.63, 3.8) is 0 Å². The Hall–Kier alpha value is -2.26. The van der Waals surface area contributed by atoms with Crippen molar-refractivity contribution in [1.82, 2.24) is 0 Å². The normalized spacial score (nSPS) is 10.6. The minimum Gasteiger partial charge on any atom is -0.505 e. The number of aldehydes is 1. The Morgan fingerprint density at radius 3 is 2.64 bits per heavy atom. The number of aryl methyl sites for hydroxylation is 1. The third kappa shape index (κ3) is 3.81. The van der Waals surface area contributed by atoms with Crippen molar-refractivity contribution in [1.29, 1.82) is 0 Å². The van der Waals surface area contributed by atoms with Gasteiger partial charge in [-0.2, -0.15) is 0 Å². The fourth-order valence-electron chi connectivity index (χ4n) is 2.81. The van der Waals surface area contributed by atoms with Gasteiger partial charge in [-0.15, -0.1) is 34.0 Å². The molecule has 0 radical (unpaired) electrons. The zero-order valence-corrected chi connectivity index (χ0v) is 17.6. The van der Waals surface area contributed by atoms with Gasteiger partial charge < -0.3 is 15.5 Å². The molecule has 0 atom stereocenters. The highest BCUT2D eigenvalue weighted by Gasteiger charge is 2.17. The maximum Gasteiger partial charge on any atom is 0.153 e. The molecule has 1 aromatic carbocycles. The van der Waals surface area contributed by atoms with Gasteiger partial charge in [-0.1, -0.05) is 12.1 Å². The molecule has 3 heterocycles. The highest BCUT2D eigenvalue weighted by Crippen LogP contribution is 2.41. The van der Waals surface area contributed by atoms with Gasteiger partial charge in [0.1, 0.15) is 11.6 Å². The molecule has 4 nitrogen and oxygen atoms in total. The fourth-order valence-corrected chi connectivity index (χ4v) is 5.85. The lowest BCUT2D eigenvalue weighted by atomic mass is 10.0. The highest BCUT2D eigenvalue weighted by atomic mass is 32.1. The molecule has 4 aromatic rings. The highest BCUT2D eigenvalue weighted by molar-refractivity contribution is 7.27. The van der Waals surface area contributed by atoms with Crippen molar-refractivity contribution < 1.29 is 19.4 Å². The number of anilines is 1. The Kier molecular flexibility index (Phi) is 6.46. The van der Waals surface area contributed by atoms with E-state index in [1.807, 2.05) is 24.4 Å². The van der Waals surface area contributed by atoms with Crippen molar-refractivity contribution in [2.75, 3.05) is 12.4 Å². The molecule has 0 aliphatic heterocycles. The number of fused-ring (bicyclic) bond motifs is 1. The number of carbonyl (C=O) groups excluding carboxylic acids is 1. The summed E-state index contributed by atoms with van der Waals surface area (Å²) in [4.78, 5) is 12.5. The summed E-state index contributed by atoms with van der Waals surface area (Å²) in [6.45, 7) is 2.24. The van der Waals surface area contributed by atoms with Crippen LogP contribution in [0.1, 0.15) is 20.8 Å². The van der Waals surface area contributed by atoms with Gasteiger partial charge >= 0.3 is 0 Å². The van der Waals surface area contributed by atoms with Gasteiger partial charge in [0.15, 0.2) is 6.29 Å². The Bertz CT molecular complexity index is 1110. The number of aliphatic hydroxyl groups is 1. The molecule has 28 heavy (non-hydrogen) atoms. The minimum absolute atomic E-state index is 0.293. The standard InChI is InChI=1S/C19H14FNO2S3.CH4O/c1-10-2-3-11(14(20)6-10)13-9-25-19(12(13)8-22)21-7-16-17(23)18-15(26-16)4-5-24-18;1-2/h2-6,8-9,21,23H,7H2,1H3;2H,1H3. The second-order valence-corrected chi connectivity index (χ2v) is 8.77. The van der Waals surface area contributed by atoms with Crippen LogP contribution in [0.3, 0.4) is 0 Å². The van der Waals surface area contributed by atoms with Crippen LogP contribution in [0.4, 0.5) is 9.39 Å². The molecule has 0 saturated heterocycles. The molecule has 0 unspecified atom stereocenters. The molecule has 0 amide bonds. The maximum absolute atomic E-state index is 14.3. The molecule has 4 rings (SSSR count). The molecular weight excluding hydrogens is 417 g/mol. The first-order chi connectivity index (χ1) is 13.6. The van der Waals surface area contributed by atoms with E-state index in [2.05, 4.69) is 5.32 Å². The van der Waals surface area contributed by atoms with E-state index in [1.54, 1.807) is 11.4 Å². The predicted molar refractivity (Wildman–Crippen MR) is 117 cm³/mol. The summed E-state index contributed by atoms with van der Waals surface area (Å²) in [7, 11) is 1.00. The zero-order valence-electron chi connectivity index (χ0n) is 15.2. The average Bonchev–Trinajstić information content (AvgIpc) is 3.38. The van der Waals surface area contributed by atoms with Crippen molar-refractivity contribution >= 4 is 54.7 Å². The smallest absolute Gasteiger partial charge is 0.153 e. The van der Waals surface area contributed by atoms with Crippen LogP contribution >= 0.6 is 34.0 Å². The molecule has 0 fully saturated rings. The molecular formula is C20H18FNO3S3. The van der Waals surface area contributed by atoms with Crippen LogP contribution < -0.4 is 5.32 Å². The van der Waals surface area contributed by atoms with Crippen molar-refractivity contribution in [2.45, 2.75) is 13.5 Å². The number of hydrogen-bond donors (Lipinski definition) is 3. The van der Waals surface area contributed by atoms with E-state index >= 15 is 0 Å². The number of rotatable bonds is 5. The van der Waals surface area contributed by atoms with Crippen LogP contribution in [-0.4, -0.2) is 23.6 Å². The van der Waals surface area contributed by atoms with Crippen LogP contribution in [-0.2, 0) is 6.54 Å². The molecule has 3 aromatic heterocycles. The van der Waals surface area contributed by atoms with E-state index < -0.39 is 0 Å². The van der Waals surface area contributed by atoms with E-state index in [0.717, 1.165) is 33.2 Å². The van der Waals surface area contributed by atoms with Gasteiger partial charge in [0.25, 0.3) is 0 Å². The van der Waals surface area contributed by atoms with Crippen molar-refractivity contribution in [2.24, 2.45) is 0 Å². The second-order valence-electron chi connectivity index (χ2n) is 5.83. The van der Waals surface area contributed by atoms with Gasteiger partial charge in [-0.25, -0.2) is 4.39 Å². The Balaban J connectivity index is 0.00000109. The summed E-state index contributed by atoms with van der Waals surface area (Å²) in [5, 5.41) is 24.9. The summed E-state index contributed by atoms with van der Waals surface area (Å²) in [5.74, 6) is -0.0462. The summed E-state index contributed by atoms with van der Waals surface area (Å²) in [6.07, 6.45) is 0.750. The largest absolute Gasteiger partial charge is 0.505 e. The van der Waals surface area contributed by atoms with Crippen LogP contribution in [0, 0.1) is 12.7 Å². The lowest BCUT2D eigenvalue weighted by Crippen LogP contribution is -1.99. The van der Waals surface area contributed by atoms with Gasteiger partial charge in [0.05, 0.1) is 26.7 Å². The molecule has 3 N–H and O–H groups in total. The third-order valence-electron chi connectivity index (χ3n) is 4.11. The fraction of sp³-hybridized carbons (Fsp3) is 0.150. The van der Waals surface area contributed by atoms with E-state index in [9.17, 15) is 14.3 Å². The van der Waals surface area contributed by atoms with Gasteiger partial charge in [-0.3, -0.25) is 4.79 Å². The van der Waals surface area contributed by atoms with E-state index in [0.29, 0.717) is 34.0 Å². The van der Waals surface area contributed by atoms with Crippen molar-refractivity contribution in [3.05, 3.63) is 56.8 Å². The lowest BCUT2D eigenvalue weighted by molar-refractivity contribution is 0.112. The summed E-state index contributed by atoms with van der Waals surface area (Å²) in [6, 6.07) is 6.97. The molecule has 0 saturated carbocycles.